The van der Waals surface area contributed by atoms with Gasteiger partial charge in [-0.3, -0.25) is 50.0 Å². The van der Waals surface area contributed by atoms with Gasteiger partial charge in [0.05, 0.1) is 142 Å². The van der Waals surface area contributed by atoms with Crippen molar-refractivity contribution < 1.29 is 205 Å². The number of ether oxygens (including phenoxy) is 12. The Morgan fingerprint density at radius 1 is 0.405 bits per heavy atom. The number of unbranched alkanes of at least 4 members (excludes halogenated alkanes) is 9. The molecule has 1 amide bonds. The molecule has 4 aliphatic heterocycles. The lowest BCUT2D eigenvalue weighted by Crippen LogP contribution is -2.64. The van der Waals surface area contributed by atoms with E-state index in [0.29, 0.717) is 89.9 Å². The van der Waals surface area contributed by atoms with Gasteiger partial charge in [0.2, 0.25) is 5.91 Å². The predicted octanol–water partition coefficient (Wildman–Crippen LogP) is 2.20. The molecule has 44 nitrogen and oxygen atoms in total. The molecule has 688 valence electrons. The zero-order valence-corrected chi connectivity index (χ0v) is 71.3. The number of carbonyl (C=O) groups is 1. The fourth-order valence-corrected chi connectivity index (χ4v) is 16.1. The average Bonchev–Trinajstić information content (AvgIpc) is 1.05. The van der Waals surface area contributed by atoms with Crippen molar-refractivity contribution in [1.29, 1.82) is 0 Å². The van der Waals surface area contributed by atoms with Gasteiger partial charge in [-0.05, 0) is 71.1 Å². The monoisotopic (exact) mass is 1790 g/mol. The summed E-state index contributed by atoms with van der Waals surface area (Å²) in [6, 6.07) is -1.11. The lowest BCUT2D eigenvalue weighted by molar-refractivity contribution is -0.282. The SMILES string of the molecule is CC[C@H]1O[C@@H](C)C[C@@H]1OP(=O)(O)OCOCC(CO)COCOP(=O)(O)OCC(COCCCOP(=O)(O)OCCCCCCO[C@@H]1OC(CO)[C@H](O)C(O)[C@@H]1C)(COCCCOP(=O)(O)OCCCCCCO[C@@H]1OC(CO)[C@H](O)C(O)[C@@H]1C)COCCCOP(=O)(O)OCCCCCCO[C@@H]1OC(CO)[C@H](O)C(O)[C@@H]1NC(C)=O. The molecule has 0 aromatic carbocycles. The first-order chi connectivity index (χ1) is 55.1. The molecule has 0 aliphatic carbocycles. The topological polar surface area (TPSA) is 621 Å². The Bertz CT molecular complexity index is 2770. The van der Waals surface area contributed by atoms with Gasteiger partial charge in [-0.1, -0.05) is 59.3 Å². The van der Waals surface area contributed by atoms with Gasteiger partial charge in [-0.25, -0.2) is 22.8 Å². The molecule has 0 saturated carbocycles. The molecule has 0 aromatic heterocycles. The molecule has 4 aliphatic rings. The van der Waals surface area contributed by atoms with Crippen LogP contribution >= 0.6 is 39.1 Å². The minimum atomic E-state index is -5.11. The van der Waals surface area contributed by atoms with Crippen molar-refractivity contribution in [2.24, 2.45) is 23.2 Å². The Morgan fingerprint density at radius 3 is 1.12 bits per heavy atom. The van der Waals surface area contributed by atoms with Crippen LogP contribution in [0.5, 0.6) is 0 Å². The molecule has 24 atom stereocenters. The van der Waals surface area contributed by atoms with E-state index in [1.165, 1.54) is 6.92 Å². The van der Waals surface area contributed by atoms with Crippen LogP contribution in [0.15, 0.2) is 0 Å². The van der Waals surface area contributed by atoms with Gasteiger partial charge in [0.25, 0.3) is 0 Å². The van der Waals surface area contributed by atoms with E-state index in [9.17, 15) is 103 Å². The molecule has 0 aromatic rings. The van der Waals surface area contributed by atoms with Crippen molar-refractivity contribution in [2.75, 3.05) is 159 Å². The van der Waals surface area contributed by atoms with Crippen molar-refractivity contribution in [3.05, 3.63) is 0 Å². The summed E-state index contributed by atoms with van der Waals surface area (Å²) in [5, 5.41) is 103. The van der Waals surface area contributed by atoms with Crippen molar-refractivity contribution >= 4 is 45.0 Å². The van der Waals surface area contributed by atoms with Crippen molar-refractivity contribution in [3.63, 3.8) is 0 Å². The van der Waals surface area contributed by atoms with Crippen LogP contribution in [0.1, 0.15) is 144 Å². The third-order valence-electron chi connectivity index (χ3n) is 18.8. The largest absolute Gasteiger partial charge is 0.474 e. The number of phosphoric ester groups is 5. The minimum absolute atomic E-state index is 0.0267. The Labute approximate surface area is 677 Å². The van der Waals surface area contributed by atoms with Gasteiger partial charge in [0.1, 0.15) is 48.8 Å². The number of carbonyl (C=O) groups excluding carboxylic acids is 1. The highest BCUT2D eigenvalue weighted by atomic mass is 31.2. The average molecular weight is 1790 g/mol. The molecule has 4 saturated heterocycles. The summed E-state index contributed by atoms with van der Waals surface area (Å²) in [6.07, 6.45) is -8.35. The molecule has 12 unspecified atom stereocenters. The van der Waals surface area contributed by atoms with Gasteiger partial charge in [-0.2, -0.15) is 0 Å². The number of aliphatic hydroxyl groups excluding tert-OH is 10. The van der Waals surface area contributed by atoms with Crippen molar-refractivity contribution in [3.8, 4) is 0 Å². The van der Waals surface area contributed by atoms with Gasteiger partial charge < -0.3 is 138 Å². The number of nitrogens with one attached hydrogen (secondary N) is 1. The quantitative estimate of drug-likeness (QED) is 0.0236. The third kappa shape index (κ3) is 42.9. The minimum Gasteiger partial charge on any atom is -0.396 e. The number of hydrogen-bond acceptors (Lipinski definition) is 38. The van der Waals surface area contributed by atoms with Crippen LogP contribution in [-0.2, 0) is 130 Å². The molecule has 16 N–H and O–H groups in total. The molecular formula is C67H132NO43P5. The molecule has 0 spiro atoms. The fraction of sp³-hybridized carbons (Fsp3) is 0.985. The van der Waals surface area contributed by atoms with E-state index in [2.05, 4.69) is 5.32 Å². The second-order valence-corrected chi connectivity index (χ2v) is 36.0. The van der Waals surface area contributed by atoms with Crippen LogP contribution in [0.25, 0.3) is 0 Å². The number of phosphoric acid groups is 5. The fourth-order valence-electron chi connectivity index (χ4n) is 12.1. The summed E-state index contributed by atoms with van der Waals surface area (Å²) in [7, 11) is -23.5. The summed E-state index contributed by atoms with van der Waals surface area (Å²) < 4.78 is 185. The van der Waals surface area contributed by atoms with E-state index < -0.39 is 227 Å². The van der Waals surface area contributed by atoms with Crippen molar-refractivity contribution in [2.45, 2.75) is 242 Å². The molecule has 4 heterocycles. The predicted molar refractivity (Wildman–Crippen MR) is 401 cm³/mol. The maximum atomic E-state index is 13.6. The molecular weight excluding hydrogens is 1660 g/mol. The van der Waals surface area contributed by atoms with Crippen LogP contribution in [0.3, 0.4) is 0 Å². The summed E-state index contributed by atoms with van der Waals surface area (Å²) in [5.41, 5.74) is -1.58. The highest BCUT2D eigenvalue weighted by Crippen LogP contribution is 2.49. The highest BCUT2D eigenvalue weighted by Gasteiger charge is 2.47. The molecule has 4 rings (SSSR count). The Hall–Kier alpha value is -0.860. The number of amides is 1. The summed E-state index contributed by atoms with van der Waals surface area (Å²) in [5.74, 6) is -2.45. The standard InChI is InChI=1S/C67H132NO43P5/c1-6-52-53(34-47(2)107-52)111-116(88,89)106-46-94-40-51(35-69)39-93-45-105-115(86,87)104-44-67(41-90-22-19-31-101-112(80,81)98-28-16-10-7-13-25-95-64-48(3)58(74)60(76)54(36-70)108-64,42-91-23-20-32-102-113(82,83)99-29-17-11-8-14-26-96-65-49(4)59(75)61(77)55(37-71)109-65)43-92-24-21-33-103-114(84,85)100-30-18-12-9-15-27-97-66-57(68-50(5)73)63(79)62(78)56(38-72)110-66/h47-49,51-66,69-72,74-79H,6-46H2,1-5H3,(H,68,73)(H,80,81)(H,82,83)(H,84,85)(H,86,87)(H,88,89)/t47-,48-,49-,51?,52+,53-,54?,55?,56?,57-,58?,59?,60-,61-,62-,63?,64+,65+,66+,67?/m0/s1. The first-order valence-electron chi connectivity index (χ1n) is 39.3. The Morgan fingerprint density at radius 2 is 0.750 bits per heavy atom. The van der Waals surface area contributed by atoms with Gasteiger partial charge in [0.15, 0.2) is 32.5 Å². The second kappa shape index (κ2) is 57.7. The lowest BCUT2D eigenvalue weighted by Gasteiger charge is -2.42. The number of rotatable bonds is 69. The smallest absolute Gasteiger partial charge is 0.396 e. The number of hydrogen-bond donors (Lipinski definition) is 16. The molecule has 0 bridgehead atoms. The van der Waals surface area contributed by atoms with Crippen LogP contribution < -0.4 is 5.32 Å². The normalized spacial score (nSPS) is 30.1. The number of aliphatic hydroxyl groups is 10. The molecule has 49 heteroatoms. The van der Waals surface area contributed by atoms with E-state index in [1.54, 1.807) is 20.8 Å². The first kappa shape index (κ1) is 107. The van der Waals surface area contributed by atoms with Gasteiger partial charge in [0, 0.05) is 70.7 Å². The first-order valence-corrected chi connectivity index (χ1v) is 46.8. The third-order valence-corrected chi connectivity index (χ3v) is 23.7. The summed E-state index contributed by atoms with van der Waals surface area (Å²) >= 11 is 0. The van der Waals surface area contributed by atoms with E-state index >= 15 is 0 Å². The van der Waals surface area contributed by atoms with E-state index in [0.717, 1.165) is 0 Å². The van der Waals surface area contributed by atoms with Crippen LogP contribution in [0.4, 0.5) is 0 Å². The van der Waals surface area contributed by atoms with Crippen LogP contribution in [-0.4, -0.2) is 339 Å². The van der Waals surface area contributed by atoms with Gasteiger partial charge in [-0.15, -0.1) is 0 Å². The summed E-state index contributed by atoms with van der Waals surface area (Å²) in [6.45, 7) is 0.124. The van der Waals surface area contributed by atoms with E-state index in [4.69, 9.17) is 102 Å². The summed E-state index contributed by atoms with van der Waals surface area (Å²) in [4.78, 5) is 64.5. The maximum Gasteiger partial charge on any atom is 0.474 e. The molecule has 116 heavy (non-hydrogen) atoms. The van der Waals surface area contributed by atoms with E-state index in [1.807, 2.05) is 6.92 Å². The van der Waals surface area contributed by atoms with Crippen molar-refractivity contribution in [1.82, 2.24) is 5.32 Å². The lowest BCUT2D eigenvalue weighted by atomic mass is 9.92. The zero-order valence-electron chi connectivity index (χ0n) is 66.8. The highest BCUT2D eigenvalue weighted by molar-refractivity contribution is 7.48. The Balaban J connectivity index is 1.34. The van der Waals surface area contributed by atoms with E-state index in [-0.39, 0.29) is 118 Å². The molecule has 4 fully saturated rings. The van der Waals surface area contributed by atoms with Crippen LogP contribution in [0, 0.1) is 23.2 Å². The zero-order chi connectivity index (χ0) is 85.8. The maximum absolute atomic E-state index is 13.6. The molecule has 0 radical (unpaired) electrons. The second-order valence-electron chi connectivity index (χ2n) is 28.8. The van der Waals surface area contributed by atoms with Gasteiger partial charge >= 0.3 is 39.1 Å². The van der Waals surface area contributed by atoms with Crippen LogP contribution in [0.2, 0.25) is 0 Å². The Kier molecular flexibility index (Phi) is 53.5.